The van der Waals surface area contributed by atoms with E-state index >= 15 is 0 Å². The average Bonchev–Trinajstić information content (AvgIpc) is 3.28. The van der Waals surface area contributed by atoms with Crippen molar-refractivity contribution < 1.29 is 4.42 Å². The molecule has 0 amide bonds. The standard InChI is InChI=1S/C16H16N4O2/c1-9-7-14(19-15(17-9)10-3-4-10)18-11-5-6-13-12(8-11)20(2)16(21)22-13/h5-8,10H,3-4H2,1-2H3,(H,17,18,19). The first kappa shape index (κ1) is 13.1. The van der Waals surface area contributed by atoms with Crippen LogP contribution in [0.25, 0.3) is 11.1 Å². The maximum absolute atomic E-state index is 11.5. The van der Waals surface area contributed by atoms with Crippen molar-refractivity contribution in [1.82, 2.24) is 14.5 Å². The third kappa shape index (κ3) is 2.26. The molecule has 0 aliphatic heterocycles. The van der Waals surface area contributed by atoms with Crippen LogP contribution in [0.1, 0.15) is 30.3 Å². The molecular formula is C16H16N4O2. The Kier molecular flexibility index (Phi) is 2.79. The normalized spacial score (nSPS) is 14.5. The molecule has 6 nitrogen and oxygen atoms in total. The summed E-state index contributed by atoms with van der Waals surface area (Å²) in [6.07, 6.45) is 2.35. The van der Waals surface area contributed by atoms with E-state index in [0.29, 0.717) is 11.5 Å². The average molecular weight is 296 g/mol. The Morgan fingerprint density at radius 1 is 1.27 bits per heavy atom. The molecule has 0 radical (unpaired) electrons. The van der Waals surface area contributed by atoms with E-state index in [9.17, 15) is 4.79 Å². The van der Waals surface area contributed by atoms with Crippen LogP contribution in [0.2, 0.25) is 0 Å². The molecule has 3 aromatic rings. The van der Waals surface area contributed by atoms with Gasteiger partial charge in [0.1, 0.15) is 11.6 Å². The molecule has 22 heavy (non-hydrogen) atoms. The lowest BCUT2D eigenvalue weighted by Gasteiger charge is -2.08. The number of hydrogen-bond donors (Lipinski definition) is 1. The topological polar surface area (TPSA) is 73.0 Å². The Balaban J connectivity index is 1.71. The van der Waals surface area contributed by atoms with Crippen LogP contribution >= 0.6 is 0 Å². The highest BCUT2D eigenvalue weighted by Crippen LogP contribution is 2.38. The highest BCUT2D eigenvalue weighted by atomic mass is 16.4. The highest BCUT2D eigenvalue weighted by molar-refractivity contribution is 5.78. The van der Waals surface area contributed by atoms with Crippen LogP contribution in [0.15, 0.2) is 33.5 Å². The minimum Gasteiger partial charge on any atom is -0.408 e. The molecule has 1 aliphatic carbocycles. The summed E-state index contributed by atoms with van der Waals surface area (Å²) in [4.78, 5) is 20.6. The Hall–Kier alpha value is -2.63. The van der Waals surface area contributed by atoms with E-state index in [1.165, 1.54) is 17.4 Å². The molecule has 1 saturated carbocycles. The number of anilines is 2. The summed E-state index contributed by atoms with van der Waals surface area (Å²) < 4.78 is 6.62. The quantitative estimate of drug-likeness (QED) is 0.804. The van der Waals surface area contributed by atoms with Gasteiger partial charge >= 0.3 is 5.76 Å². The molecule has 4 rings (SSSR count). The van der Waals surface area contributed by atoms with Crippen LogP contribution in [-0.4, -0.2) is 14.5 Å². The zero-order chi connectivity index (χ0) is 15.3. The minimum atomic E-state index is -0.360. The molecule has 2 heterocycles. The summed E-state index contributed by atoms with van der Waals surface area (Å²) in [6, 6.07) is 7.47. The molecule has 1 aliphatic rings. The summed E-state index contributed by atoms with van der Waals surface area (Å²) >= 11 is 0. The van der Waals surface area contributed by atoms with Gasteiger partial charge in [0.2, 0.25) is 0 Å². The molecule has 0 bridgehead atoms. The number of benzene rings is 1. The molecule has 1 N–H and O–H groups in total. The lowest BCUT2D eigenvalue weighted by atomic mass is 10.2. The van der Waals surface area contributed by atoms with Gasteiger partial charge in [0.05, 0.1) is 5.52 Å². The van der Waals surface area contributed by atoms with Gasteiger partial charge < -0.3 is 9.73 Å². The number of nitrogens with one attached hydrogen (secondary N) is 1. The van der Waals surface area contributed by atoms with Crippen molar-refractivity contribution >= 4 is 22.6 Å². The van der Waals surface area contributed by atoms with Gasteiger partial charge in [-0.15, -0.1) is 0 Å². The van der Waals surface area contributed by atoms with Gasteiger partial charge in [-0.25, -0.2) is 14.8 Å². The smallest absolute Gasteiger partial charge is 0.408 e. The van der Waals surface area contributed by atoms with Crippen LogP contribution < -0.4 is 11.1 Å². The number of nitrogens with zero attached hydrogens (tertiary/aromatic N) is 3. The molecule has 112 valence electrons. The molecule has 1 fully saturated rings. The molecule has 1 aromatic carbocycles. The van der Waals surface area contributed by atoms with Crippen molar-refractivity contribution in [2.24, 2.45) is 7.05 Å². The van der Waals surface area contributed by atoms with E-state index in [0.717, 1.165) is 28.5 Å². The van der Waals surface area contributed by atoms with Crippen LogP contribution in [0.3, 0.4) is 0 Å². The zero-order valence-corrected chi connectivity index (χ0v) is 12.5. The Labute approximate surface area is 126 Å². The highest BCUT2D eigenvalue weighted by Gasteiger charge is 2.27. The van der Waals surface area contributed by atoms with Crippen molar-refractivity contribution in [1.29, 1.82) is 0 Å². The SMILES string of the molecule is Cc1cc(Nc2ccc3oc(=O)n(C)c3c2)nc(C2CC2)n1. The maximum Gasteiger partial charge on any atom is 0.419 e. The minimum absolute atomic E-state index is 0.360. The second kappa shape index (κ2) is 4.69. The summed E-state index contributed by atoms with van der Waals surface area (Å²) in [5, 5.41) is 3.29. The first-order valence-electron chi connectivity index (χ1n) is 7.32. The molecule has 0 unspecified atom stereocenters. The first-order valence-corrected chi connectivity index (χ1v) is 7.32. The monoisotopic (exact) mass is 296 g/mol. The molecular weight excluding hydrogens is 280 g/mol. The van der Waals surface area contributed by atoms with Gasteiger partial charge in [-0.3, -0.25) is 4.57 Å². The van der Waals surface area contributed by atoms with E-state index in [1.54, 1.807) is 13.1 Å². The van der Waals surface area contributed by atoms with E-state index in [4.69, 9.17) is 4.42 Å². The van der Waals surface area contributed by atoms with E-state index in [-0.39, 0.29) is 5.76 Å². The van der Waals surface area contributed by atoms with E-state index in [1.807, 2.05) is 25.1 Å². The second-order valence-corrected chi connectivity index (χ2v) is 5.76. The van der Waals surface area contributed by atoms with Crippen LogP contribution in [0.5, 0.6) is 0 Å². The Morgan fingerprint density at radius 3 is 2.86 bits per heavy atom. The lowest BCUT2D eigenvalue weighted by molar-refractivity contribution is 0.528. The fourth-order valence-corrected chi connectivity index (χ4v) is 2.53. The molecule has 0 spiro atoms. The van der Waals surface area contributed by atoms with Gasteiger partial charge in [0.15, 0.2) is 5.58 Å². The van der Waals surface area contributed by atoms with Gasteiger partial charge in [-0.1, -0.05) is 0 Å². The van der Waals surface area contributed by atoms with E-state index in [2.05, 4.69) is 15.3 Å². The first-order chi connectivity index (χ1) is 10.6. The predicted molar refractivity (Wildman–Crippen MR) is 83.5 cm³/mol. The molecule has 0 saturated heterocycles. The van der Waals surface area contributed by atoms with Crippen LogP contribution in [0.4, 0.5) is 11.5 Å². The van der Waals surface area contributed by atoms with E-state index < -0.39 is 0 Å². The largest absolute Gasteiger partial charge is 0.419 e. The summed E-state index contributed by atoms with van der Waals surface area (Å²) in [6.45, 7) is 1.97. The number of hydrogen-bond acceptors (Lipinski definition) is 5. The summed E-state index contributed by atoms with van der Waals surface area (Å²) in [5.74, 6) is 1.85. The van der Waals surface area contributed by atoms with Crippen LogP contribution in [-0.2, 0) is 7.05 Å². The van der Waals surface area contributed by atoms with Crippen molar-refractivity contribution in [3.05, 3.63) is 46.3 Å². The third-order valence-electron chi connectivity index (χ3n) is 3.88. The van der Waals surface area contributed by atoms with Gasteiger partial charge in [0.25, 0.3) is 0 Å². The Bertz CT molecular complexity index is 922. The second-order valence-electron chi connectivity index (χ2n) is 5.76. The van der Waals surface area contributed by atoms with Crippen molar-refractivity contribution in [3.8, 4) is 0 Å². The van der Waals surface area contributed by atoms with Crippen molar-refractivity contribution in [2.45, 2.75) is 25.7 Å². The zero-order valence-electron chi connectivity index (χ0n) is 12.5. The maximum atomic E-state index is 11.5. The molecule has 6 heteroatoms. The van der Waals surface area contributed by atoms with Gasteiger partial charge in [0, 0.05) is 30.4 Å². The fraction of sp³-hybridized carbons (Fsp3) is 0.312. The third-order valence-corrected chi connectivity index (χ3v) is 3.88. The van der Waals surface area contributed by atoms with Gasteiger partial charge in [-0.2, -0.15) is 0 Å². The Morgan fingerprint density at radius 2 is 2.09 bits per heavy atom. The number of aromatic nitrogens is 3. The predicted octanol–water partition coefficient (Wildman–Crippen LogP) is 2.85. The number of fused-ring (bicyclic) bond motifs is 1. The lowest BCUT2D eigenvalue weighted by Crippen LogP contribution is -2.08. The van der Waals surface area contributed by atoms with Crippen molar-refractivity contribution in [2.75, 3.05) is 5.32 Å². The number of oxazole rings is 1. The fourth-order valence-electron chi connectivity index (χ4n) is 2.53. The molecule has 2 aromatic heterocycles. The number of aryl methyl sites for hydroxylation is 2. The van der Waals surface area contributed by atoms with Gasteiger partial charge in [-0.05, 0) is 38.0 Å². The molecule has 0 atom stereocenters. The number of rotatable bonds is 3. The summed E-state index contributed by atoms with van der Waals surface area (Å²) in [5.41, 5.74) is 3.15. The summed E-state index contributed by atoms with van der Waals surface area (Å²) in [7, 11) is 1.69. The van der Waals surface area contributed by atoms with Crippen LogP contribution in [0, 0.1) is 6.92 Å². The van der Waals surface area contributed by atoms with Crippen molar-refractivity contribution in [3.63, 3.8) is 0 Å².